The second kappa shape index (κ2) is 6.14. The molecule has 22 heavy (non-hydrogen) atoms. The summed E-state index contributed by atoms with van der Waals surface area (Å²) in [7, 11) is 0. The Morgan fingerprint density at radius 2 is 2.32 bits per heavy atom. The van der Waals surface area contributed by atoms with Crippen LogP contribution in [-0.2, 0) is 0 Å². The topological polar surface area (TPSA) is 78.8 Å². The van der Waals surface area contributed by atoms with Crippen molar-refractivity contribution >= 4 is 5.82 Å². The van der Waals surface area contributed by atoms with Crippen molar-refractivity contribution in [3.8, 4) is 6.07 Å². The molecule has 0 saturated carbocycles. The van der Waals surface area contributed by atoms with E-state index in [1.165, 1.54) is 0 Å². The van der Waals surface area contributed by atoms with Crippen molar-refractivity contribution in [2.24, 2.45) is 0 Å². The van der Waals surface area contributed by atoms with Gasteiger partial charge in [0, 0.05) is 31.1 Å². The third-order valence-electron chi connectivity index (χ3n) is 3.94. The van der Waals surface area contributed by atoms with E-state index in [4.69, 9.17) is 4.52 Å². The first-order valence-corrected chi connectivity index (χ1v) is 7.62. The van der Waals surface area contributed by atoms with Crippen LogP contribution in [0.1, 0.15) is 55.8 Å². The lowest BCUT2D eigenvalue weighted by molar-refractivity contribution is 0.354. The van der Waals surface area contributed by atoms with Gasteiger partial charge in [-0.2, -0.15) is 10.2 Å². The lowest BCUT2D eigenvalue weighted by atomic mass is 9.97. The van der Waals surface area contributed by atoms with E-state index < -0.39 is 0 Å². The van der Waals surface area contributed by atoms with Crippen LogP contribution in [0.15, 0.2) is 22.9 Å². The standard InChI is InChI=1S/C16H19N5O/c1-11(2)16-19-14(20-22-16)13-6-4-8-21(10-13)15-12(9-17)5-3-7-18-15/h3,5,7,11,13H,4,6,8,10H2,1-2H3/t13-/m0/s1. The van der Waals surface area contributed by atoms with Crippen LogP contribution in [0.4, 0.5) is 5.82 Å². The first kappa shape index (κ1) is 14.5. The summed E-state index contributed by atoms with van der Waals surface area (Å²) < 4.78 is 5.32. The fourth-order valence-corrected chi connectivity index (χ4v) is 2.76. The normalized spacial score (nSPS) is 18.5. The zero-order valence-corrected chi connectivity index (χ0v) is 12.9. The molecule has 1 aliphatic heterocycles. The van der Waals surface area contributed by atoms with Crippen LogP contribution in [-0.4, -0.2) is 28.2 Å². The molecule has 0 aliphatic carbocycles. The van der Waals surface area contributed by atoms with E-state index in [0.29, 0.717) is 11.5 Å². The van der Waals surface area contributed by atoms with E-state index in [-0.39, 0.29) is 11.8 Å². The minimum Gasteiger partial charge on any atom is -0.355 e. The molecule has 0 bridgehead atoms. The minimum absolute atomic E-state index is 0.221. The van der Waals surface area contributed by atoms with Gasteiger partial charge in [-0.1, -0.05) is 19.0 Å². The highest BCUT2D eigenvalue weighted by Crippen LogP contribution is 2.29. The van der Waals surface area contributed by atoms with Crippen molar-refractivity contribution < 1.29 is 4.52 Å². The second-order valence-electron chi connectivity index (χ2n) is 5.92. The molecule has 0 spiro atoms. The van der Waals surface area contributed by atoms with Crippen molar-refractivity contribution in [2.45, 2.75) is 38.5 Å². The first-order valence-electron chi connectivity index (χ1n) is 7.62. The number of nitrogens with zero attached hydrogens (tertiary/aromatic N) is 5. The van der Waals surface area contributed by atoms with Gasteiger partial charge in [0.25, 0.3) is 0 Å². The van der Waals surface area contributed by atoms with Crippen LogP contribution in [0.3, 0.4) is 0 Å². The lowest BCUT2D eigenvalue weighted by Crippen LogP contribution is -2.35. The van der Waals surface area contributed by atoms with Crippen molar-refractivity contribution in [1.29, 1.82) is 5.26 Å². The molecule has 1 aliphatic rings. The summed E-state index contributed by atoms with van der Waals surface area (Å²) in [5.41, 5.74) is 0.610. The molecule has 6 nitrogen and oxygen atoms in total. The maximum atomic E-state index is 9.24. The van der Waals surface area contributed by atoms with Crippen LogP contribution in [0.2, 0.25) is 0 Å². The van der Waals surface area contributed by atoms with Gasteiger partial charge >= 0.3 is 0 Å². The summed E-state index contributed by atoms with van der Waals surface area (Å²) in [6.45, 7) is 5.74. The Balaban J connectivity index is 1.80. The molecule has 0 amide bonds. The van der Waals surface area contributed by atoms with E-state index in [9.17, 15) is 5.26 Å². The van der Waals surface area contributed by atoms with E-state index in [0.717, 1.165) is 37.6 Å². The second-order valence-corrected chi connectivity index (χ2v) is 5.92. The predicted octanol–water partition coefficient (Wildman–Crippen LogP) is 2.84. The third kappa shape index (κ3) is 2.80. The van der Waals surface area contributed by atoms with Gasteiger partial charge in [0.2, 0.25) is 5.89 Å². The molecule has 1 atom stereocenters. The maximum Gasteiger partial charge on any atom is 0.229 e. The smallest absolute Gasteiger partial charge is 0.229 e. The van der Waals surface area contributed by atoms with E-state index in [1.54, 1.807) is 18.3 Å². The summed E-state index contributed by atoms with van der Waals surface area (Å²) in [5, 5.41) is 13.4. The van der Waals surface area contributed by atoms with Crippen LogP contribution in [0.25, 0.3) is 0 Å². The highest BCUT2D eigenvalue weighted by Gasteiger charge is 2.27. The molecule has 114 valence electrons. The number of nitriles is 1. The minimum atomic E-state index is 0.221. The summed E-state index contributed by atoms with van der Waals surface area (Å²) >= 11 is 0. The highest BCUT2D eigenvalue weighted by molar-refractivity contribution is 5.53. The number of hydrogen-bond donors (Lipinski definition) is 0. The lowest BCUT2D eigenvalue weighted by Gasteiger charge is -2.32. The number of pyridine rings is 1. The van der Waals surface area contributed by atoms with Crippen LogP contribution in [0.5, 0.6) is 0 Å². The Labute approximate surface area is 129 Å². The highest BCUT2D eigenvalue weighted by atomic mass is 16.5. The fraction of sp³-hybridized carbons (Fsp3) is 0.500. The Morgan fingerprint density at radius 3 is 3.05 bits per heavy atom. The van der Waals surface area contributed by atoms with Crippen molar-refractivity contribution in [3.05, 3.63) is 35.6 Å². The summed E-state index contributed by atoms with van der Waals surface area (Å²) in [4.78, 5) is 11.0. The molecule has 3 heterocycles. The van der Waals surface area contributed by atoms with Crippen LogP contribution < -0.4 is 4.90 Å². The Hall–Kier alpha value is -2.42. The molecule has 0 radical (unpaired) electrons. The zero-order chi connectivity index (χ0) is 15.5. The van der Waals surface area contributed by atoms with Gasteiger partial charge in [0.15, 0.2) is 5.82 Å². The van der Waals surface area contributed by atoms with Gasteiger partial charge in [-0.05, 0) is 25.0 Å². The molecule has 0 N–H and O–H groups in total. The van der Waals surface area contributed by atoms with Gasteiger partial charge in [-0.3, -0.25) is 0 Å². The summed E-state index contributed by atoms with van der Waals surface area (Å²) in [6, 6.07) is 5.80. The molecular formula is C16H19N5O. The molecule has 6 heteroatoms. The average Bonchev–Trinajstić information content (AvgIpc) is 3.05. The molecular weight excluding hydrogens is 278 g/mol. The monoisotopic (exact) mass is 297 g/mol. The van der Waals surface area contributed by atoms with Gasteiger partial charge in [0.05, 0.1) is 5.56 Å². The van der Waals surface area contributed by atoms with Crippen molar-refractivity contribution in [2.75, 3.05) is 18.0 Å². The zero-order valence-electron chi connectivity index (χ0n) is 12.9. The van der Waals surface area contributed by atoms with E-state index >= 15 is 0 Å². The average molecular weight is 297 g/mol. The molecule has 0 unspecified atom stereocenters. The Kier molecular flexibility index (Phi) is 4.05. The Morgan fingerprint density at radius 1 is 1.45 bits per heavy atom. The number of rotatable bonds is 3. The predicted molar refractivity (Wildman–Crippen MR) is 81.5 cm³/mol. The largest absolute Gasteiger partial charge is 0.355 e. The molecule has 1 saturated heterocycles. The molecule has 2 aromatic heterocycles. The third-order valence-corrected chi connectivity index (χ3v) is 3.94. The van der Waals surface area contributed by atoms with E-state index in [1.807, 2.05) is 13.8 Å². The maximum absolute atomic E-state index is 9.24. The molecule has 0 aromatic carbocycles. The molecule has 3 rings (SSSR count). The Bertz CT molecular complexity index is 688. The van der Waals surface area contributed by atoms with Crippen molar-refractivity contribution in [3.63, 3.8) is 0 Å². The number of hydrogen-bond acceptors (Lipinski definition) is 6. The van der Waals surface area contributed by atoms with Gasteiger partial charge in [-0.15, -0.1) is 0 Å². The molecule has 2 aromatic rings. The van der Waals surface area contributed by atoms with E-state index in [2.05, 4.69) is 26.1 Å². The number of piperidine rings is 1. The van der Waals surface area contributed by atoms with Gasteiger partial charge < -0.3 is 9.42 Å². The van der Waals surface area contributed by atoms with Gasteiger partial charge in [0.1, 0.15) is 11.9 Å². The molecule has 1 fully saturated rings. The fourth-order valence-electron chi connectivity index (χ4n) is 2.76. The quantitative estimate of drug-likeness (QED) is 0.866. The number of anilines is 1. The first-order chi connectivity index (χ1) is 10.7. The summed E-state index contributed by atoms with van der Waals surface area (Å²) in [5.74, 6) is 2.66. The van der Waals surface area contributed by atoms with Crippen molar-refractivity contribution in [1.82, 2.24) is 15.1 Å². The van der Waals surface area contributed by atoms with Gasteiger partial charge in [-0.25, -0.2) is 4.98 Å². The number of aromatic nitrogens is 3. The summed E-state index contributed by atoms with van der Waals surface area (Å²) in [6.07, 6.45) is 3.78. The SMILES string of the molecule is CC(C)c1nc([C@H]2CCCN(c3ncccc3C#N)C2)no1. The van der Waals surface area contributed by atoms with Crippen LogP contribution >= 0.6 is 0 Å². The van der Waals surface area contributed by atoms with Crippen LogP contribution in [0, 0.1) is 11.3 Å².